The van der Waals surface area contributed by atoms with E-state index >= 15 is 0 Å². The van der Waals surface area contributed by atoms with Gasteiger partial charge in [0.1, 0.15) is 0 Å². The zero-order valence-corrected chi connectivity index (χ0v) is 15.3. The second kappa shape index (κ2) is 8.76. The molecule has 0 bridgehead atoms. The predicted molar refractivity (Wildman–Crippen MR) is 97.7 cm³/mol. The number of nitrogens with one attached hydrogen (secondary N) is 1. The highest BCUT2D eigenvalue weighted by atomic mass is 32.2. The fourth-order valence-corrected chi connectivity index (χ4v) is 3.43. The number of rotatable bonds is 9. The summed E-state index contributed by atoms with van der Waals surface area (Å²) in [6, 6.07) is 11.7. The van der Waals surface area contributed by atoms with Crippen molar-refractivity contribution in [3.05, 3.63) is 54.0 Å². The summed E-state index contributed by atoms with van der Waals surface area (Å²) in [7, 11) is 0. The van der Waals surface area contributed by atoms with Crippen LogP contribution in [0.4, 0.5) is 0 Å². The van der Waals surface area contributed by atoms with Crippen LogP contribution in [0, 0.1) is 5.41 Å². The van der Waals surface area contributed by atoms with E-state index in [2.05, 4.69) is 5.32 Å². The van der Waals surface area contributed by atoms with Crippen LogP contribution in [-0.4, -0.2) is 23.5 Å². The number of hydrogen-bond donors (Lipinski definition) is 2. The van der Waals surface area contributed by atoms with Crippen LogP contribution >= 0.6 is 11.8 Å². The highest BCUT2D eigenvalue weighted by molar-refractivity contribution is 7.98. The van der Waals surface area contributed by atoms with Crippen molar-refractivity contribution in [1.29, 1.82) is 0 Å². The van der Waals surface area contributed by atoms with Crippen LogP contribution in [0.25, 0.3) is 0 Å². The van der Waals surface area contributed by atoms with E-state index in [1.807, 2.05) is 44.2 Å². The summed E-state index contributed by atoms with van der Waals surface area (Å²) in [6.07, 6.45) is 2.39. The molecule has 5 nitrogen and oxygen atoms in total. The zero-order valence-electron chi connectivity index (χ0n) is 14.5. The Bertz CT molecular complexity index is 707. The molecule has 0 aliphatic rings. The highest BCUT2D eigenvalue weighted by Gasteiger charge is 2.35. The van der Waals surface area contributed by atoms with Crippen molar-refractivity contribution < 1.29 is 19.1 Å². The molecule has 0 saturated heterocycles. The fourth-order valence-electron chi connectivity index (χ4n) is 2.53. The standard InChI is InChI=1S/C19H23NO4S/c1-3-19(4-2,18(22)23)13-20-17(21)16-14(10-11-24-16)12-25-15-8-6-5-7-9-15/h5-11H,3-4,12-13H2,1-2H3,(H,20,21)(H,22,23). The van der Waals surface area contributed by atoms with Crippen molar-refractivity contribution in [1.82, 2.24) is 5.32 Å². The van der Waals surface area contributed by atoms with Gasteiger partial charge in [0.25, 0.3) is 5.91 Å². The van der Waals surface area contributed by atoms with E-state index in [0.29, 0.717) is 18.6 Å². The molecule has 1 heterocycles. The second-order valence-corrected chi connectivity index (χ2v) is 6.90. The number of amides is 1. The first kappa shape index (κ1) is 19.1. The van der Waals surface area contributed by atoms with Gasteiger partial charge in [-0.1, -0.05) is 32.0 Å². The van der Waals surface area contributed by atoms with Crippen molar-refractivity contribution in [2.45, 2.75) is 37.3 Å². The average Bonchev–Trinajstić information content (AvgIpc) is 3.10. The largest absolute Gasteiger partial charge is 0.481 e. The Balaban J connectivity index is 2.01. The molecule has 0 fully saturated rings. The first-order chi connectivity index (χ1) is 12.0. The summed E-state index contributed by atoms with van der Waals surface area (Å²) in [5.74, 6) is -0.414. The molecule has 2 N–H and O–H groups in total. The summed E-state index contributed by atoms with van der Waals surface area (Å²) in [6.45, 7) is 3.72. The number of furan rings is 1. The van der Waals surface area contributed by atoms with Crippen molar-refractivity contribution in [3.63, 3.8) is 0 Å². The smallest absolute Gasteiger partial charge is 0.311 e. The molecule has 1 amide bonds. The number of carboxylic acid groups (broad SMARTS) is 1. The van der Waals surface area contributed by atoms with Crippen molar-refractivity contribution in [2.24, 2.45) is 5.41 Å². The van der Waals surface area contributed by atoms with Crippen LogP contribution in [0.3, 0.4) is 0 Å². The van der Waals surface area contributed by atoms with Crippen molar-refractivity contribution in [3.8, 4) is 0 Å². The van der Waals surface area contributed by atoms with Crippen LogP contribution < -0.4 is 5.32 Å². The van der Waals surface area contributed by atoms with E-state index in [1.165, 1.54) is 6.26 Å². The Morgan fingerprint density at radius 1 is 1.16 bits per heavy atom. The summed E-state index contributed by atoms with van der Waals surface area (Å²) >= 11 is 1.61. The lowest BCUT2D eigenvalue weighted by Gasteiger charge is -2.26. The lowest BCUT2D eigenvalue weighted by atomic mass is 9.82. The van der Waals surface area contributed by atoms with E-state index in [-0.39, 0.29) is 18.2 Å². The second-order valence-electron chi connectivity index (χ2n) is 5.85. The minimum atomic E-state index is -0.943. The predicted octanol–water partition coefficient (Wildman–Crippen LogP) is 4.19. The highest BCUT2D eigenvalue weighted by Crippen LogP contribution is 2.27. The zero-order chi connectivity index (χ0) is 18.3. The van der Waals surface area contributed by atoms with E-state index < -0.39 is 11.4 Å². The molecule has 2 aromatic rings. The maximum atomic E-state index is 12.4. The van der Waals surface area contributed by atoms with Gasteiger partial charge in [-0.25, -0.2) is 0 Å². The first-order valence-corrected chi connectivity index (χ1v) is 9.26. The van der Waals surface area contributed by atoms with Crippen LogP contribution in [-0.2, 0) is 10.5 Å². The van der Waals surface area contributed by atoms with Crippen LogP contribution in [0.5, 0.6) is 0 Å². The van der Waals surface area contributed by atoms with Gasteiger partial charge in [-0.15, -0.1) is 11.8 Å². The third-order valence-corrected chi connectivity index (χ3v) is 5.55. The molecular weight excluding hydrogens is 338 g/mol. The molecule has 0 unspecified atom stereocenters. The van der Waals surface area contributed by atoms with Gasteiger partial charge in [-0.05, 0) is 31.0 Å². The number of carboxylic acids is 1. The Labute approximate surface area is 151 Å². The summed E-state index contributed by atoms with van der Waals surface area (Å²) in [5, 5.41) is 12.2. The van der Waals surface area contributed by atoms with E-state index in [1.54, 1.807) is 17.8 Å². The summed E-state index contributed by atoms with van der Waals surface area (Å²) in [4.78, 5) is 25.1. The molecule has 0 spiro atoms. The van der Waals surface area contributed by atoms with Gasteiger partial charge in [-0.3, -0.25) is 9.59 Å². The van der Waals surface area contributed by atoms with Crippen molar-refractivity contribution in [2.75, 3.05) is 6.54 Å². The molecular formula is C19H23NO4S. The van der Waals surface area contributed by atoms with E-state index in [0.717, 1.165) is 10.5 Å². The number of aliphatic carboxylic acids is 1. The number of benzene rings is 1. The van der Waals surface area contributed by atoms with E-state index in [4.69, 9.17) is 4.42 Å². The molecule has 134 valence electrons. The quantitative estimate of drug-likeness (QED) is 0.655. The number of carbonyl (C=O) groups excluding carboxylic acids is 1. The van der Waals surface area contributed by atoms with Gasteiger partial charge in [-0.2, -0.15) is 0 Å². The van der Waals surface area contributed by atoms with Crippen LogP contribution in [0.2, 0.25) is 0 Å². The van der Waals surface area contributed by atoms with Crippen molar-refractivity contribution >= 4 is 23.6 Å². The minimum absolute atomic E-state index is 0.0835. The summed E-state index contributed by atoms with van der Waals surface area (Å²) < 4.78 is 5.34. The molecule has 6 heteroatoms. The number of thioether (sulfide) groups is 1. The summed E-state index contributed by atoms with van der Waals surface area (Å²) in [5.41, 5.74) is -0.151. The maximum absolute atomic E-state index is 12.4. The van der Waals surface area contributed by atoms with E-state index in [9.17, 15) is 14.7 Å². The lowest BCUT2D eigenvalue weighted by Crippen LogP contribution is -2.42. The Kier molecular flexibility index (Phi) is 6.70. The van der Waals surface area contributed by atoms with Gasteiger partial charge in [0.15, 0.2) is 5.76 Å². The Morgan fingerprint density at radius 3 is 2.44 bits per heavy atom. The maximum Gasteiger partial charge on any atom is 0.311 e. The van der Waals surface area contributed by atoms with Gasteiger partial charge >= 0.3 is 5.97 Å². The SMILES string of the molecule is CCC(CC)(CNC(=O)c1occc1CSc1ccccc1)C(=O)O. The molecule has 25 heavy (non-hydrogen) atoms. The lowest BCUT2D eigenvalue weighted by molar-refractivity contribution is -0.149. The van der Waals surface area contributed by atoms with Crippen LogP contribution in [0.1, 0.15) is 42.8 Å². The molecule has 0 aliphatic carbocycles. The number of hydrogen-bond acceptors (Lipinski definition) is 4. The minimum Gasteiger partial charge on any atom is -0.481 e. The molecule has 2 rings (SSSR count). The Hall–Kier alpha value is -2.21. The molecule has 1 aromatic carbocycles. The molecule has 0 aliphatic heterocycles. The van der Waals surface area contributed by atoms with Gasteiger partial charge in [0.2, 0.25) is 0 Å². The van der Waals surface area contributed by atoms with Crippen LogP contribution in [0.15, 0.2) is 52.0 Å². The fraction of sp³-hybridized carbons (Fsp3) is 0.368. The monoisotopic (exact) mass is 361 g/mol. The van der Waals surface area contributed by atoms with Gasteiger partial charge in [0.05, 0.1) is 11.7 Å². The average molecular weight is 361 g/mol. The third-order valence-electron chi connectivity index (χ3n) is 4.49. The normalized spacial score (nSPS) is 11.3. The Morgan fingerprint density at radius 2 is 1.84 bits per heavy atom. The molecule has 0 atom stereocenters. The first-order valence-electron chi connectivity index (χ1n) is 8.28. The third kappa shape index (κ3) is 4.66. The molecule has 0 saturated carbocycles. The van der Waals surface area contributed by atoms with Gasteiger partial charge < -0.3 is 14.8 Å². The topological polar surface area (TPSA) is 79.5 Å². The molecule has 1 aromatic heterocycles. The van der Waals surface area contributed by atoms with Gasteiger partial charge in [0, 0.05) is 22.8 Å². The molecule has 0 radical (unpaired) electrons. The number of carbonyl (C=O) groups is 2.